The quantitative estimate of drug-likeness (QED) is 0.452. The molecule has 2 rings (SSSR count). The molecule has 114 valence electrons. The molecule has 0 fully saturated rings. The van der Waals surface area contributed by atoms with E-state index in [1.165, 1.54) is 31.4 Å². The van der Waals surface area contributed by atoms with Crippen molar-refractivity contribution in [1.82, 2.24) is 0 Å². The Labute approximate surface area is 130 Å². The number of hydrogen-bond acceptors (Lipinski definition) is 5. The lowest BCUT2D eigenvalue weighted by Crippen LogP contribution is -2.19. The molecule has 0 unspecified atom stereocenters. The fourth-order valence-corrected chi connectivity index (χ4v) is 1.95. The van der Waals surface area contributed by atoms with Crippen molar-refractivity contribution in [1.29, 1.82) is 0 Å². The summed E-state index contributed by atoms with van der Waals surface area (Å²) in [5, 5.41) is 18.2. The fourth-order valence-electron chi connectivity index (χ4n) is 1.73. The number of methoxy groups -OCH3 is 1. The van der Waals surface area contributed by atoms with Crippen molar-refractivity contribution in [3.8, 4) is 11.5 Å². The van der Waals surface area contributed by atoms with Crippen LogP contribution in [0.25, 0.3) is 0 Å². The van der Waals surface area contributed by atoms with Crippen molar-refractivity contribution in [2.45, 2.75) is 0 Å². The van der Waals surface area contributed by atoms with E-state index in [0.717, 1.165) is 6.07 Å². The van der Waals surface area contributed by atoms with Crippen LogP contribution in [0.3, 0.4) is 0 Å². The van der Waals surface area contributed by atoms with Crippen LogP contribution >= 0.6 is 12.2 Å². The van der Waals surface area contributed by atoms with Gasteiger partial charge in [0, 0.05) is 12.1 Å². The molecule has 8 heteroatoms. The molecule has 0 aliphatic heterocycles. The van der Waals surface area contributed by atoms with Gasteiger partial charge in [0.2, 0.25) is 0 Å². The minimum atomic E-state index is -0.555. The molecule has 0 heterocycles. The first kappa shape index (κ1) is 15.6. The number of thiocarbonyl (C=S) groups is 1. The molecule has 0 saturated heterocycles. The van der Waals surface area contributed by atoms with Gasteiger partial charge in [0.25, 0.3) is 0 Å². The van der Waals surface area contributed by atoms with Crippen LogP contribution < -0.4 is 15.4 Å². The first-order chi connectivity index (χ1) is 10.5. The van der Waals surface area contributed by atoms with Crippen LogP contribution in [-0.2, 0) is 0 Å². The summed E-state index contributed by atoms with van der Waals surface area (Å²) < 4.78 is 18.0. The Hall–Kier alpha value is -2.74. The molecule has 0 spiro atoms. The molecule has 0 aliphatic carbocycles. The fraction of sp³-hybridized carbons (Fsp3) is 0.0714. The van der Waals surface area contributed by atoms with E-state index in [1.54, 1.807) is 6.07 Å². The second kappa shape index (κ2) is 6.81. The monoisotopic (exact) mass is 321 g/mol. The van der Waals surface area contributed by atoms with Crippen molar-refractivity contribution < 1.29 is 14.2 Å². The number of halogens is 1. The van der Waals surface area contributed by atoms with Gasteiger partial charge in [-0.05, 0) is 41.7 Å². The lowest BCUT2D eigenvalue weighted by molar-refractivity contribution is 0.417. The maximum absolute atomic E-state index is 12.9. The lowest BCUT2D eigenvalue weighted by Gasteiger charge is -2.14. The summed E-state index contributed by atoms with van der Waals surface area (Å²) in [4.78, 5) is 10.5. The number of nitroso groups, excluding NO2 is 1. The number of benzene rings is 2. The van der Waals surface area contributed by atoms with Gasteiger partial charge >= 0.3 is 0 Å². The van der Waals surface area contributed by atoms with E-state index < -0.39 is 5.82 Å². The molecule has 2 aromatic rings. The van der Waals surface area contributed by atoms with E-state index in [0.29, 0.717) is 11.4 Å². The molecule has 0 amide bonds. The van der Waals surface area contributed by atoms with Gasteiger partial charge < -0.3 is 20.5 Å². The maximum Gasteiger partial charge on any atom is 0.175 e. The number of phenolic OH excluding ortho intramolecular Hbond substituents is 1. The molecule has 3 N–H and O–H groups in total. The molecule has 0 saturated carbocycles. The van der Waals surface area contributed by atoms with Gasteiger partial charge in [0.15, 0.2) is 5.11 Å². The summed E-state index contributed by atoms with van der Waals surface area (Å²) in [7, 11) is 1.44. The first-order valence-electron chi connectivity index (χ1n) is 6.11. The van der Waals surface area contributed by atoms with Crippen molar-refractivity contribution >= 4 is 34.4 Å². The third kappa shape index (κ3) is 3.67. The van der Waals surface area contributed by atoms with Crippen LogP contribution in [0.1, 0.15) is 0 Å². The molecule has 2 aromatic carbocycles. The first-order valence-corrected chi connectivity index (χ1v) is 6.52. The van der Waals surface area contributed by atoms with Crippen molar-refractivity contribution in [3.63, 3.8) is 0 Å². The second-order valence-electron chi connectivity index (χ2n) is 4.22. The standard InChI is InChI=1S/C14H12FN3O3S/c1-21-13-7-9(18-20)3-5-11(13)17-14(22)16-10-4-2-8(15)6-12(10)19/h2-7,19H,1H3,(H2,16,17,22). The number of rotatable bonds is 4. The van der Waals surface area contributed by atoms with Crippen LogP contribution in [-0.4, -0.2) is 17.3 Å². The Bertz CT molecular complexity index is 724. The average molecular weight is 321 g/mol. The van der Waals surface area contributed by atoms with E-state index in [-0.39, 0.29) is 22.2 Å². The maximum atomic E-state index is 12.9. The van der Waals surface area contributed by atoms with Crippen LogP contribution in [0.2, 0.25) is 0 Å². The number of aromatic hydroxyl groups is 1. The number of phenols is 1. The zero-order valence-corrected chi connectivity index (χ0v) is 12.3. The number of nitrogens with one attached hydrogen (secondary N) is 2. The lowest BCUT2D eigenvalue weighted by atomic mass is 10.2. The van der Waals surface area contributed by atoms with Gasteiger partial charge in [-0.3, -0.25) is 0 Å². The molecular weight excluding hydrogens is 309 g/mol. The van der Waals surface area contributed by atoms with Crippen LogP contribution in [0.4, 0.5) is 21.5 Å². The summed E-state index contributed by atoms with van der Waals surface area (Å²) in [6.07, 6.45) is 0. The zero-order chi connectivity index (χ0) is 16.1. The average Bonchev–Trinajstić information content (AvgIpc) is 2.50. The van der Waals surface area contributed by atoms with Gasteiger partial charge in [0.1, 0.15) is 23.0 Å². The van der Waals surface area contributed by atoms with E-state index >= 15 is 0 Å². The van der Waals surface area contributed by atoms with Crippen LogP contribution in [0.5, 0.6) is 11.5 Å². The molecule has 0 radical (unpaired) electrons. The van der Waals surface area contributed by atoms with E-state index in [4.69, 9.17) is 17.0 Å². The van der Waals surface area contributed by atoms with Gasteiger partial charge in [-0.2, -0.15) is 0 Å². The van der Waals surface area contributed by atoms with Crippen molar-refractivity contribution in [2.24, 2.45) is 5.18 Å². The highest BCUT2D eigenvalue weighted by molar-refractivity contribution is 7.80. The smallest absolute Gasteiger partial charge is 0.175 e. The van der Waals surface area contributed by atoms with E-state index in [2.05, 4.69) is 15.8 Å². The van der Waals surface area contributed by atoms with Crippen LogP contribution in [0, 0.1) is 10.7 Å². The number of hydrogen-bond donors (Lipinski definition) is 3. The third-order valence-electron chi connectivity index (χ3n) is 2.75. The van der Waals surface area contributed by atoms with Gasteiger partial charge in [0.05, 0.1) is 18.5 Å². The Morgan fingerprint density at radius 2 is 1.91 bits per heavy atom. The molecule has 22 heavy (non-hydrogen) atoms. The predicted octanol–water partition coefficient (Wildman–Crippen LogP) is 3.75. The van der Waals surface area contributed by atoms with Crippen LogP contribution in [0.15, 0.2) is 41.6 Å². The molecule has 0 bridgehead atoms. The van der Waals surface area contributed by atoms with Crippen molar-refractivity contribution in [3.05, 3.63) is 47.1 Å². The highest BCUT2D eigenvalue weighted by Crippen LogP contribution is 2.30. The highest BCUT2D eigenvalue weighted by Gasteiger charge is 2.09. The normalized spacial score (nSPS) is 9.91. The third-order valence-corrected chi connectivity index (χ3v) is 2.95. The predicted molar refractivity (Wildman–Crippen MR) is 86.4 cm³/mol. The Balaban J connectivity index is 2.13. The van der Waals surface area contributed by atoms with E-state index in [9.17, 15) is 14.4 Å². The Kier molecular flexibility index (Phi) is 4.84. The molecule has 0 aliphatic rings. The minimum absolute atomic E-state index is 0.159. The number of nitrogens with zero attached hydrogens (tertiary/aromatic N) is 1. The summed E-state index contributed by atoms with van der Waals surface area (Å²) in [6, 6.07) is 8.04. The zero-order valence-electron chi connectivity index (χ0n) is 11.5. The second-order valence-corrected chi connectivity index (χ2v) is 4.62. The summed E-state index contributed by atoms with van der Waals surface area (Å²) in [5.41, 5.74) is 0.982. The Morgan fingerprint density at radius 3 is 2.55 bits per heavy atom. The van der Waals surface area contributed by atoms with Gasteiger partial charge in [-0.15, -0.1) is 4.91 Å². The van der Waals surface area contributed by atoms with E-state index in [1.807, 2.05) is 0 Å². The number of ether oxygens (including phenoxy) is 1. The molecular formula is C14H12FN3O3S. The SMILES string of the molecule is COc1cc(N=O)ccc1NC(=S)Nc1ccc(F)cc1O. The summed E-state index contributed by atoms with van der Waals surface area (Å²) in [6.45, 7) is 0. The summed E-state index contributed by atoms with van der Waals surface area (Å²) >= 11 is 5.11. The number of anilines is 2. The molecule has 6 nitrogen and oxygen atoms in total. The van der Waals surface area contributed by atoms with Gasteiger partial charge in [-0.1, -0.05) is 0 Å². The minimum Gasteiger partial charge on any atom is -0.506 e. The molecule has 0 atom stereocenters. The highest BCUT2D eigenvalue weighted by atomic mass is 32.1. The van der Waals surface area contributed by atoms with Crippen molar-refractivity contribution in [2.75, 3.05) is 17.7 Å². The largest absolute Gasteiger partial charge is 0.506 e. The molecule has 0 aromatic heterocycles. The topological polar surface area (TPSA) is 83.0 Å². The Morgan fingerprint density at radius 1 is 1.23 bits per heavy atom. The van der Waals surface area contributed by atoms with Gasteiger partial charge in [-0.25, -0.2) is 4.39 Å². The summed E-state index contributed by atoms with van der Waals surface area (Å²) in [5.74, 6) is -0.443.